The molecule has 3 rings (SSSR count). The number of rotatable bonds is 2. The maximum absolute atomic E-state index is 13.1. The van der Waals surface area contributed by atoms with Gasteiger partial charge in [0.05, 0.1) is 22.3 Å². The molecule has 1 unspecified atom stereocenters. The van der Waals surface area contributed by atoms with Crippen molar-refractivity contribution in [1.82, 2.24) is 4.98 Å². The first-order chi connectivity index (χ1) is 10.4. The van der Waals surface area contributed by atoms with Crippen LogP contribution in [-0.2, 0) is 4.74 Å². The van der Waals surface area contributed by atoms with Crippen LogP contribution in [0.3, 0.4) is 0 Å². The Hall–Kier alpha value is -1.46. The summed E-state index contributed by atoms with van der Waals surface area (Å²) >= 11 is 12.1. The van der Waals surface area contributed by atoms with Crippen molar-refractivity contribution in [3.8, 4) is 0 Å². The summed E-state index contributed by atoms with van der Waals surface area (Å²) in [7, 11) is 0. The van der Waals surface area contributed by atoms with Gasteiger partial charge in [0.2, 0.25) is 0 Å². The van der Waals surface area contributed by atoms with Crippen molar-refractivity contribution < 1.29 is 14.2 Å². The smallest absolute Gasteiger partial charge is 0.190 e. The Bertz CT molecular complexity index is 757. The van der Waals surface area contributed by atoms with Crippen molar-refractivity contribution >= 4 is 34.3 Å². The monoisotopic (exact) mass is 339 g/mol. The zero-order valence-electron chi connectivity index (χ0n) is 11.6. The van der Waals surface area contributed by atoms with Crippen molar-refractivity contribution in [2.45, 2.75) is 12.7 Å². The minimum atomic E-state index is -1.50. The fourth-order valence-electron chi connectivity index (χ4n) is 2.52. The molecule has 1 aromatic heterocycles. The molecule has 1 aliphatic rings. The van der Waals surface area contributed by atoms with Gasteiger partial charge in [0, 0.05) is 17.3 Å². The molecule has 0 saturated heterocycles. The van der Waals surface area contributed by atoms with Crippen molar-refractivity contribution in [1.29, 1.82) is 0 Å². The van der Waals surface area contributed by atoms with Crippen LogP contribution >= 0.6 is 23.2 Å². The van der Waals surface area contributed by atoms with Gasteiger partial charge in [0.25, 0.3) is 0 Å². The Balaban J connectivity index is 2.20. The van der Waals surface area contributed by atoms with Crippen LogP contribution in [0.5, 0.6) is 0 Å². The molecule has 0 amide bonds. The third kappa shape index (κ3) is 2.75. The highest BCUT2D eigenvalue weighted by Gasteiger charge is 2.38. The van der Waals surface area contributed by atoms with Crippen molar-refractivity contribution in [2.75, 3.05) is 6.61 Å². The molecule has 0 aliphatic carbocycles. The molecule has 1 N–H and O–H groups in total. The van der Waals surface area contributed by atoms with Crippen LogP contribution in [0.4, 0.5) is 4.39 Å². The molecular formula is C16H12Cl2FNO2. The molecular weight excluding hydrogens is 328 g/mol. The lowest BCUT2D eigenvalue weighted by Crippen LogP contribution is -2.25. The molecule has 2 heterocycles. The van der Waals surface area contributed by atoms with Gasteiger partial charge in [-0.25, -0.2) is 4.39 Å². The second-order valence-electron chi connectivity index (χ2n) is 5.12. The zero-order chi connectivity index (χ0) is 15.9. The normalized spacial score (nSPS) is 21.5. The van der Waals surface area contributed by atoms with Gasteiger partial charge in [-0.05, 0) is 30.7 Å². The summed E-state index contributed by atoms with van der Waals surface area (Å²) < 4.78 is 18.6. The number of nitrogens with zero attached hydrogens (tertiary/aromatic N) is 1. The first-order valence-electron chi connectivity index (χ1n) is 6.56. The lowest BCUT2D eigenvalue weighted by molar-refractivity contribution is -0.123. The number of hydrogen-bond donors (Lipinski definition) is 1. The van der Waals surface area contributed by atoms with Crippen molar-refractivity contribution in [3.05, 3.63) is 63.6 Å². The predicted octanol–water partition coefficient (Wildman–Crippen LogP) is 4.18. The standard InChI is InChI=1S/C16H12Cl2FNO2/c1-16(21)14(9-2-4-11(19)5-3-9)12(8-22-16)15-13(18)6-10(17)7-20-15/h2-7,21H,8H2,1H3. The molecule has 0 radical (unpaired) electrons. The van der Waals surface area contributed by atoms with E-state index in [1.807, 2.05) is 0 Å². The van der Waals surface area contributed by atoms with Gasteiger partial charge in [-0.1, -0.05) is 35.3 Å². The minimum absolute atomic E-state index is 0.147. The number of halogens is 3. The van der Waals surface area contributed by atoms with Gasteiger partial charge in [-0.2, -0.15) is 0 Å². The van der Waals surface area contributed by atoms with Crippen LogP contribution in [-0.4, -0.2) is 22.5 Å². The first-order valence-corrected chi connectivity index (χ1v) is 7.31. The fourth-order valence-corrected chi connectivity index (χ4v) is 3.01. The molecule has 1 aromatic carbocycles. The lowest BCUT2D eigenvalue weighted by atomic mass is 9.94. The SMILES string of the molecule is CC1(O)OCC(c2ncc(Cl)cc2Cl)=C1c1ccc(F)cc1. The molecule has 3 nitrogen and oxygen atoms in total. The third-order valence-electron chi connectivity index (χ3n) is 3.49. The Labute approximate surface area is 137 Å². The molecule has 114 valence electrons. The maximum atomic E-state index is 13.1. The highest BCUT2D eigenvalue weighted by atomic mass is 35.5. The van der Waals surface area contributed by atoms with E-state index in [2.05, 4.69) is 4.98 Å². The number of ether oxygens (including phenoxy) is 1. The van der Waals surface area contributed by atoms with Gasteiger partial charge < -0.3 is 9.84 Å². The molecule has 0 spiro atoms. The maximum Gasteiger partial charge on any atom is 0.190 e. The summed E-state index contributed by atoms with van der Waals surface area (Å²) in [6.07, 6.45) is 1.48. The summed E-state index contributed by atoms with van der Waals surface area (Å²) in [5, 5.41) is 11.3. The van der Waals surface area contributed by atoms with Crippen LogP contribution in [0.2, 0.25) is 10.0 Å². The number of benzene rings is 1. The van der Waals surface area contributed by atoms with Gasteiger partial charge in [-0.3, -0.25) is 4.98 Å². The summed E-state index contributed by atoms with van der Waals surface area (Å²) in [5.41, 5.74) is 2.30. The van der Waals surface area contributed by atoms with Crippen LogP contribution in [0.15, 0.2) is 36.5 Å². The minimum Gasteiger partial charge on any atom is -0.362 e. The average Bonchev–Trinajstić information content (AvgIpc) is 2.75. The van der Waals surface area contributed by atoms with E-state index in [4.69, 9.17) is 27.9 Å². The van der Waals surface area contributed by atoms with E-state index in [0.29, 0.717) is 32.4 Å². The van der Waals surface area contributed by atoms with Gasteiger partial charge in [-0.15, -0.1) is 0 Å². The van der Waals surface area contributed by atoms with Crippen molar-refractivity contribution in [3.63, 3.8) is 0 Å². The van der Waals surface area contributed by atoms with Crippen molar-refractivity contribution in [2.24, 2.45) is 0 Å². The zero-order valence-corrected chi connectivity index (χ0v) is 13.1. The Morgan fingerprint density at radius 2 is 1.95 bits per heavy atom. The number of pyridine rings is 1. The summed E-state index contributed by atoms with van der Waals surface area (Å²) in [4.78, 5) is 4.23. The molecule has 0 fully saturated rings. The molecule has 0 saturated carbocycles. The molecule has 1 atom stereocenters. The second-order valence-corrected chi connectivity index (χ2v) is 5.96. The first kappa shape index (κ1) is 15.4. The molecule has 0 bridgehead atoms. The van der Waals surface area contributed by atoms with Crippen LogP contribution in [0.1, 0.15) is 18.2 Å². The van der Waals surface area contributed by atoms with Crippen LogP contribution in [0, 0.1) is 5.82 Å². The van der Waals surface area contributed by atoms with Crippen LogP contribution < -0.4 is 0 Å². The third-order valence-corrected chi connectivity index (χ3v) is 3.98. The Morgan fingerprint density at radius 3 is 2.59 bits per heavy atom. The summed E-state index contributed by atoms with van der Waals surface area (Å²) in [6.45, 7) is 1.68. The highest BCUT2D eigenvalue weighted by molar-refractivity contribution is 6.35. The van der Waals surface area contributed by atoms with E-state index in [0.717, 1.165) is 0 Å². The van der Waals surface area contributed by atoms with E-state index in [1.165, 1.54) is 25.3 Å². The lowest BCUT2D eigenvalue weighted by Gasteiger charge is -2.21. The molecule has 6 heteroatoms. The molecule has 2 aromatic rings. The Morgan fingerprint density at radius 1 is 1.27 bits per heavy atom. The van der Waals surface area contributed by atoms with Crippen LogP contribution in [0.25, 0.3) is 11.1 Å². The number of aliphatic hydroxyl groups is 1. The number of hydrogen-bond acceptors (Lipinski definition) is 3. The summed E-state index contributed by atoms with van der Waals surface area (Å²) in [5.74, 6) is -1.86. The van der Waals surface area contributed by atoms with E-state index >= 15 is 0 Å². The predicted molar refractivity (Wildman–Crippen MR) is 84.0 cm³/mol. The number of aromatic nitrogens is 1. The molecule has 22 heavy (non-hydrogen) atoms. The summed E-state index contributed by atoms with van der Waals surface area (Å²) in [6, 6.07) is 7.39. The topological polar surface area (TPSA) is 42.4 Å². The quantitative estimate of drug-likeness (QED) is 0.892. The van der Waals surface area contributed by atoms with E-state index in [9.17, 15) is 9.50 Å². The fraction of sp³-hybridized carbons (Fsp3) is 0.188. The van der Waals surface area contributed by atoms with E-state index in [1.54, 1.807) is 18.2 Å². The van der Waals surface area contributed by atoms with E-state index < -0.39 is 5.79 Å². The van der Waals surface area contributed by atoms with Gasteiger partial charge >= 0.3 is 0 Å². The molecule has 1 aliphatic heterocycles. The van der Waals surface area contributed by atoms with Gasteiger partial charge in [0.1, 0.15) is 5.82 Å². The van der Waals surface area contributed by atoms with E-state index in [-0.39, 0.29) is 12.4 Å². The second kappa shape index (κ2) is 5.63. The Kier molecular flexibility index (Phi) is 3.95. The largest absolute Gasteiger partial charge is 0.362 e. The van der Waals surface area contributed by atoms with Gasteiger partial charge in [0.15, 0.2) is 5.79 Å². The average molecular weight is 340 g/mol. The highest BCUT2D eigenvalue weighted by Crippen LogP contribution is 2.42.